The van der Waals surface area contributed by atoms with Crippen LogP contribution in [0.25, 0.3) is 10.1 Å². The van der Waals surface area contributed by atoms with Crippen molar-refractivity contribution in [3.05, 3.63) is 46.4 Å². The highest BCUT2D eigenvalue weighted by Crippen LogP contribution is 2.34. The van der Waals surface area contributed by atoms with Crippen molar-refractivity contribution in [2.45, 2.75) is 57.9 Å². The molecule has 1 atom stereocenters. The number of aromatic amines is 1. The lowest BCUT2D eigenvalue weighted by atomic mass is 9.93. The normalized spacial score (nSPS) is 16.8. The molecular weight excluding hydrogens is 410 g/mol. The van der Waals surface area contributed by atoms with Crippen LogP contribution in [0.5, 0.6) is 0 Å². The second kappa shape index (κ2) is 9.18. The van der Waals surface area contributed by atoms with Gasteiger partial charge in [-0.2, -0.15) is 5.10 Å². The highest BCUT2D eigenvalue weighted by molar-refractivity contribution is 7.21. The quantitative estimate of drug-likeness (QED) is 0.613. The predicted molar refractivity (Wildman–Crippen MR) is 122 cm³/mol. The maximum Gasteiger partial charge on any atom is 0.261 e. The largest absolute Gasteiger partial charge is 0.354 e. The van der Waals surface area contributed by atoms with Crippen LogP contribution in [0.4, 0.5) is 0 Å². The fraction of sp³-hybridized carbons (Fsp3) is 0.478. The average Bonchev–Trinajstić information content (AvgIpc) is 3.39. The van der Waals surface area contributed by atoms with Crippen LogP contribution in [0.2, 0.25) is 0 Å². The number of nitrogens with zero attached hydrogens (tertiary/aromatic N) is 3. The molecule has 1 aliphatic rings. The van der Waals surface area contributed by atoms with E-state index >= 15 is 0 Å². The Kier molecular flexibility index (Phi) is 6.36. The van der Waals surface area contributed by atoms with E-state index in [1.807, 2.05) is 30.9 Å². The Bertz CT molecular complexity index is 1090. The van der Waals surface area contributed by atoms with Crippen LogP contribution in [0.15, 0.2) is 24.3 Å². The Morgan fingerprint density at radius 2 is 2.10 bits per heavy atom. The van der Waals surface area contributed by atoms with Crippen molar-refractivity contribution in [2.24, 2.45) is 0 Å². The van der Waals surface area contributed by atoms with Gasteiger partial charge in [-0.15, -0.1) is 11.3 Å². The van der Waals surface area contributed by atoms with E-state index < -0.39 is 0 Å². The van der Waals surface area contributed by atoms with Gasteiger partial charge >= 0.3 is 0 Å². The molecule has 0 radical (unpaired) electrons. The number of carbonyl (C=O) groups excluding carboxylic acids is 2. The van der Waals surface area contributed by atoms with Crippen LogP contribution < -0.4 is 5.32 Å². The van der Waals surface area contributed by atoms with Crippen molar-refractivity contribution in [3.63, 3.8) is 0 Å². The Morgan fingerprint density at radius 3 is 2.84 bits per heavy atom. The molecule has 2 aromatic heterocycles. The van der Waals surface area contributed by atoms with Gasteiger partial charge in [0, 0.05) is 30.3 Å². The summed E-state index contributed by atoms with van der Waals surface area (Å²) in [5.41, 5.74) is 1.05. The van der Waals surface area contributed by atoms with Gasteiger partial charge in [-0.05, 0) is 42.7 Å². The van der Waals surface area contributed by atoms with Crippen LogP contribution in [-0.2, 0) is 17.6 Å². The third-order valence-electron chi connectivity index (χ3n) is 5.90. The first kappa shape index (κ1) is 21.5. The van der Waals surface area contributed by atoms with Crippen LogP contribution >= 0.6 is 11.3 Å². The average molecular weight is 440 g/mol. The Hall–Kier alpha value is -2.74. The first-order valence-electron chi connectivity index (χ1n) is 10.9. The van der Waals surface area contributed by atoms with Gasteiger partial charge in [0.15, 0.2) is 5.82 Å². The van der Waals surface area contributed by atoms with Gasteiger partial charge in [-0.1, -0.05) is 32.0 Å². The van der Waals surface area contributed by atoms with Gasteiger partial charge in [-0.3, -0.25) is 14.7 Å². The molecule has 2 amide bonds. The van der Waals surface area contributed by atoms with Gasteiger partial charge in [0.05, 0.1) is 11.3 Å². The van der Waals surface area contributed by atoms with Crippen molar-refractivity contribution < 1.29 is 9.59 Å². The van der Waals surface area contributed by atoms with E-state index in [0.717, 1.165) is 52.2 Å². The molecule has 7 nitrogen and oxygen atoms in total. The van der Waals surface area contributed by atoms with E-state index in [0.29, 0.717) is 12.2 Å². The van der Waals surface area contributed by atoms with Gasteiger partial charge in [0.2, 0.25) is 5.91 Å². The number of piperidine rings is 1. The topological polar surface area (TPSA) is 91.0 Å². The summed E-state index contributed by atoms with van der Waals surface area (Å²) in [5.74, 6) is 1.57. The van der Waals surface area contributed by atoms with E-state index in [-0.39, 0.29) is 30.2 Å². The van der Waals surface area contributed by atoms with Gasteiger partial charge in [-0.25, -0.2) is 4.98 Å². The SMILES string of the molecule is CNC(=O)c1sc2ccccc2c1C[C@@H]1CCCCN1C(=O)Cc1nc(C(C)C)n[nH]1. The minimum absolute atomic E-state index is 0.0623. The number of hydrogen-bond donors (Lipinski definition) is 2. The minimum atomic E-state index is -0.0623. The first-order valence-corrected chi connectivity index (χ1v) is 11.7. The molecule has 31 heavy (non-hydrogen) atoms. The molecule has 0 aliphatic carbocycles. The highest BCUT2D eigenvalue weighted by Gasteiger charge is 2.30. The molecular formula is C23H29N5O2S. The van der Waals surface area contributed by atoms with Gasteiger partial charge in [0.1, 0.15) is 5.82 Å². The number of likely N-dealkylation sites (tertiary alicyclic amines) is 1. The number of amides is 2. The molecule has 8 heteroatoms. The number of benzene rings is 1. The van der Waals surface area contributed by atoms with Crippen LogP contribution in [0, 0.1) is 0 Å². The molecule has 0 bridgehead atoms. The number of nitrogens with one attached hydrogen (secondary N) is 2. The number of hydrogen-bond acceptors (Lipinski definition) is 5. The van der Waals surface area contributed by atoms with Crippen molar-refractivity contribution in [2.75, 3.05) is 13.6 Å². The van der Waals surface area contributed by atoms with E-state index in [1.54, 1.807) is 7.05 Å². The van der Waals surface area contributed by atoms with Crippen molar-refractivity contribution in [3.8, 4) is 0 Å². The van der Waals surface area contributed by atoms with Crippen molar-refractivity contribution in [1.29, 1.82) is 0 Å². The Labute approximate surface area is 186 Å². The second-order valence-corrected chi connectivity index (χ2v) is 9.45. The van der Waals surface area contributed by atoms with E-state index in [4.69, 9.17) is 0 Å². The molecule has 0 unspecified atom stereocenters. The molecule has 0 saturated carbocycles. The van der Waals surface area contributed by atoms with Gasteiger partial charge < -0.3 is 10.2 Å². The smallest absolute Gasteiger partial charge is 0.261 e. The van der Waals surface area contributed by atoms with E-state index in [2.05, 4.69) is 32.6 Å². The number of aromatic nitrogens is 3. The zero-order valence-corrected chi connectivity index (χ0v) is 19.1. The second-order valence-electron chi connectivity index (χ2n) is 8.40. The summed E-state index contributed by atoms with van der Waals surface area (Å²) >= 11 is 1.52. The number of carbonyl (C=O) groups is 2. The molecule has 4 rings (SSSR count). The molecule has 1 fully saturated rings. The molecule has 1 aromatic carbocycles. The number of rotatable bonds is 6. The van der Waals surface area contributed by atoms with Crippen LogP contribution in [0.3, 0.4) is 0 Å². The first-order chi connectivity index (χ1) is 15.0. The number of thiophene rings is 1. The van der Waals surface area contributed by atoms with Crippen LogP contribution in [-0.4, -0.2) is 51.5 Å². The molecule has 1 aliphatic heterocycles. The van der Waals surface area contributed by atoms with E-state index in [9.17, 15) is 9.59 Å². The Balaban J connectivity index is 1.58. The fourth-order valence-electron chi connectivity index (χ4n) is 4.27. The summed E-state index contributed by atoms with van der Waals surface area (Å²) in [6, 6.07) is 8.21. The van der Waals surface area contributed by atoms with E-state index in [1.165, 1.54) is 11.3 Å². The summed E-state index contributed by atoms with van der Waals surface area (Å²) < 4.78 is 1.10. The molecule has 164 valence electrons. The summed E-state index contributed by atoms with van der Waals surface area (Å²) in [5, 5.41) is 11.0. The summed E-state index contributed by atoms with van der Waals surface area (Å²) in [6.07, 6.45) is 3.94. The third kappa shape index (κ3) is 4.49. The maximum atomic E-state index is 13.2. The molecule has 1 saturated heterocycles. The van der Waals surface area contributed by atoms with Crippen LogP contribution in [0.1, 0.15) is 65.9 Å². The highest BCUT2D eigenvalue weighted by atomic mass is 32.1. The molecule has 0 spiro atoms. The lowest BCUT2D eigenvalue weighted by molar-refractivity contribution is -0.134. The van der Waals surface area contributed by atoms with Crippen molar-refractivity contribution in [1.82, 2.24) is 25.4 Å². The Morgan fingerprint density at radius 1 is 1.29 bits per heavy atom. The van der Waals surface area contributed by atoms with Crippen molar-refractivity contribution >= 4 is 33.2 Å². The summed E-state index contributed by atoms with van der Waals surface area (Å²) in [6.45, 7) is 4.81. The van der Waals surface area contributed by atoms with Gasteiger partial charge in [0.25, 0.3) is 5.91 Å². The summed E-state index contributed by atoms with van der Waals surface area (Å²) in [4.78, 5) is 32.9. The third-order valence-corrected chi connectivity index (χ3v) is 7.11. The standard InChI is InChI=1S/C23H29N5O2S/c1-14(2)22-25-19(26-27-22)13-20(29)28-11-7-6-8-15(28)12-17-16-9-4-5-10-18(16)31-21(17)23(30)24-3/h4-5,9-10,14-15H,6-8,11-13H2,1-3H3,(H,24,30)(H,25,26,27)/t15-/m0/s1. The number of fused-ring (bicyclic) bond motifs is 1. The lowest BCUT2D eigenvalue weighted by Gasteiger charge is -2.36. The summed E-state index contributed by atoms with van der Waals surface area (Å²) in [7, 11) is 1.66. The zero-order chi connectivity index (χ0) is 22.0. The fourth-order valence-corrected chi connectivity index (χ4v) is 5.45. The molecule has 2 N–H and O–H groups in total. The zero-order valence-electron chi connectivity index (χ0n) is 18.3. The molecule has 3 aromatic rings. The molecule has 3 heterocycles. The number of H-pyrrole nitrogens is 1. The predicted octanol–water partition coefficient (Wildman–Crippen LogP) is 3.67. The lowest BCUT2D eigenvalue weighted by Crippen LogP contribution is -2.45. The maximum absolute atomic E-state index is 13.2. The monoisotopic (exact) mass is 439 g/mol. The minimum Gasteiger partial charge on any atom is -0.354 e.